The fraction of sp³-hybridized carbons (Fsp3) is 0.897. The minimum absolute atomic E-state index is 0. The van der Waals surface area contributed by atoms with Gasteiger partial charge in [-0.3, -0.25) is 0 Å². The second-order valence-electron chi connectivity index (χ2n) is 20.7. The Bertz CT molecular complexity index is 716. The number of hydrogen-bond acceptors (Lipinski definition) is 2. The minimum Gasteiger partial charge on any atom is 4.00 e. The molecule has 4 aliphatic rings. The van der Waals surface area contributed by atoms with Crippen molar-refractivity contribution < 1.29 is 56.2 Å². The Labute approximate surface area is 448 Å². The Balaban J connectivity index is -0.000000104. The van der Waals surface area contributed by atoms with Crippen LogP contribution in [-0.4, -0.2) is 24.4 Å². The molecule has 4 saturated carbocycles. The van der Waals surface area contributed by atoms with E-state index >= 15 is 0 Å². The maximum atomic E-state index is 5.71. The fourth-order valence-corrected chi connectivity index (χ4v) is 9.45. The van der Waals surface area contributed by atoms with E-state index in [4.69, 9.17) is 26.5 Å². The van der Waals surface area contributed by atoms with Crippen LogP contribution in [0.4, 0.5) is 0 Å². The van der Waals surface area contributed by atoms with Gasteiger partial charge in [-0.25, -0.2) is 0 Å². The number of unbranched alkanes of at least 4 members (excludes halogenated alkanes) is 12. The number of ether oxygens (including phenoxy) is 2. The van der Waals surface area contributed by atoms with Crippen LogP contribution in [0.15, 0.2) is 0 Å². The predicted molar refractivity (Wildman–Crippen MR) is 293 cm³/mol. The van der Waals surface area contributed by atoms with E-state index in [-0.39, 0.29) is 81.6 Å². The Morgan fingerprint density at radius 2 is 0.547 bits per heavy atom. The van der Waals surface area contributed by atoms with Gasteiger partial charge in [-0.15, -0.1) is 0 Å². The summed E-state index contributed by atoms with van der Waals surface area (Å²) in [5.41, 5.74) is 0.0910. The van der Waals surface area contributed by atoms with Crippen LogP contribution >= 0.6 is 17.0 Å². The van der Waals surface area contributed by atoms with Gasteiger partial charge in [-0.05, 0) is 78.1 Å². The normalized spacial score (nSPS) is 15.9. The maximum Gasteiger partial charge on any atom is 4.00 e. The van der Waals surface area contributed by atoms with Crippen molar-refractivity contribution in [1.82, 2.24) is 0 Å². The molecule has 0 radical (unpaired) electrons. The molecule has 2 nitrogen and oxygen atoms in total. The van der Waals surface area contributed by atoms with Gasteiger partial charge in [-0.2, -0.15) is 0 Å². The van der Waals surface area contributed by atoms with Crippen LogP contribution in [0.25, 0.3) is 0 Å². The number of hydrogen-bond donors (Lipinski definition) is 0. The van der Waals surface area contributed by atoms with Crippen molar-refractivity contribution in [3.63, 3.8) is 0 Å². The minimum atomic E-state index is -0.826. The molecule has 64 heavy (non-hydrogen) atoms. The first-order valence-corrected chi connectivity index (χ1v) is 32.0. The Morgan fingerprint density at radius 3 is 0.734 bits per heavy atom. The molecule has 388 valence electrons. The van der Waals surface area contributed by atoms with E-state index in [1.807, 2.05) is 0 Å². The van der Waals surface area contributed by atoms with Crippen molar-refractivity contribution in [1.29, 1.82) is 0 Å². The van der Waals surface area contributed by atoms with Gasteiger partial charge in [0.1, 0.15) is 0 Å². The number of rotatable bonds is 24. The standard InChI is InChI=1S/2C15H30O.2C11H22.6CH3.2ClH.Hf.Zr/c2*1-15(2,3)16-13-9-5-4-6-10-14-11-7-8-12-14;2*1-2-3-4-5-8-11-9-6-7-10-11;;;;;;;;;;/h2*14H,4-13H2,1-3H3;2*11H,2-10H2,1H3;6*1H3;2*1H;;/q;;;;6*-1;;;2*+4/p-2. The molecule has 0 bridgehead atoms. The molecule has 0 aromatic heterocycles. The first-order chi connectivity index (χ1) is 27.4. The zero-order chi connectivity index (χ0) is 42.3. The quantitative estimate of drug-likeness (QED) is 0.0545. The van der Waals surface area contributed by atoms with Crippen molar-refractivity contribution >= 4 is 17.0 Å². The van der Waals surface area contributed by atoms with Crippen LogP contribution in [0.5, 0.6) is 0 Å². The molecule has 0 aromatic carbocycles. The summed E-state index contributed by atoms with van der Waals surface area (Å²) in [6.45, 7) is 19.2. The summed E-state index contributed by atoms with van der Waals surface area (Å²) in [5.74, 6) is 4.38. The van der Waals surface area contributed by atoms with Crippen LogP contribution in [0, 0.1) is 68.2 Å². The molecule has 0 spiro atoms. The third-order valence-electron chi connectivity index (χ3n) is 12.9. The monoisotopic (exact) mass is 1190 g/mol. The van der Waals surface area contributed by atoms with E-state index in [1.54, 1.807) is 0 Å². The molecule has 0 saturated heterocycles. The summed E-state index contributed by atoms with van der Waals surface area (Å²) in [7, 11) is 9.87. The molecular weight excluding hydrogens is 1070 g/mol. The van der Waals surface area contributed by atoms with Gasteiger partial charge in [-0.1, -0.05) is 232 Å². The maximum absolute atomic E-state index is 5.71. The molecule has 4 rings (SSSR count). The van der Waals surface area contributed by atoms with Crippen LogP contribution < -0.4 is 0 Å². The van der Waals surface area contributed by atoms with Crippen molar-refractivity contribution in [2.75, 3.05) is 13.2 Å². The van der Waals surface area contributed by atoms with Crippen molar-refractivity contribution in [3.05, 3.63) is 44.6 Å². The van der Waals surface area contributed by atoms with E-state index in [0.717, 1.165) is 36.9 Å². The van der Waals surface area contributed by atoms with Gasteiger partial charge in [0, 0.05) is 13.2 Å². The van der Waals surface area contributed by atoms with E-state index < -0.39 is 20.8 Å². The summed E-state index contributed by atoms with van der Waals surface area (Å²) >= 11 is -0.826. The van der Waals surface area contributed by atoms with Gasteiger partial charge in [0.15, 0.2) is 0 Å². The Hall–Kier alpha value is 2.25. The van der Waals surface area contributed by atoms with E-state index in [9.17, 15) is 0 Å². The zero-order valence-electron chi connectivity index (χ0n) is 46.8. The average Bonchev–Trinajstić information content (AvgIpc) is 4.01. The molecule has 0 aliphatic heterocycles. The summed E-state index contributed by atoms with van der Waals surface area (Å²) in [6.07, 6.45) is 52.7. The van der Waals surface area contributed by atoms with Gasteiger partial charge >= 0.3 is 63.7 Å². The summed E-state index contributed by atoms with van der Waals surface area (Å²) in [4.78, 5) is 0. The third kappa shape index (κ3) is 62.3. The Morgan fingerprint density at radius 1 is 0.359 bits per heavy atom. The third-order valence-corrected chi connectivity index (χ3v) is 12.9. The predicted octanol–water partition coefficient (Wildman–Crippen LogP) is 22.3. The van der Waals surface area contributed by atoms with Crippen LogP contribution in [0.2, 0.25) is 0 Å². The first-order valence-electron chi connectivity index (χ1n) is 25.7. The molecule has 0 heterocycles. The van der Waals surface area contributed by atoms with E-state index in [0.29, 0.717) is 0 Å². The van der Waals surface area contributed by atoms with Crippen LogP contribution in [0.1, 0.15) is 287 Å². The second kappa shape index (κ2) is 59.6. The van der Waals surface area contributed by atoms with Gasteiger partial charge in [0.2, 0.25) is 0 Å². The SMILES string of the molecule is CC(C)(C)OCCCCCCC1CCCC1.CC(C)(C)OCCCCCCC1CCCC1.CCCCCCC1CCCC1.CCCCCCC1CCCC1.[CH3-].[CH3-].[CH3-].[CH3-].[CH3-].[CH3-].[Cl][Zr+2][Cl].[Hf+4]. The van der Waals surface area contributed by atoms with E-state index in [1.165, 1.54) is 231 Å². The molecule has 0 atom stereocenters. The molecule has 6 heteroatoms. The van der Waals surface area contributed by atoms with E-state index in [2.05, 4.69) is 55.4 Å². The molecular formula is C58H122Cl2HfO2Zr. The van der Waals surface area contributed by atoms with Crippen LogP contribution in [0.3, 0.4) is 0 Å². The zero-order valence-corrected chi connectivity index (χ0v) is 54.3. The molecule has 0 N–H and O–H groups in total. The smallest absolute Gasteiger partial charge is 4.00 e. The average molecular weight is 1190 g/mol. The molecule has 4 aliphatic carbocycles. The summed E-state index contributed by atoms with van der Waals surface area (Å²) in [6, 6.07) is 0. The molecule has 0 amide bonds. The van der Waals surface area contributed by atoms with Gasteiger partial charge in [0.05, 0.1) is 11.2 Å². The van der Waals surface area contributed by atoms with Crippen molar-refractivity contribution in [3.8, 4) is 0 Å². The molecule has 0 unspecified atom stereocenters. The summed E-state index contributed by atoms with van der Waals surface area (Å²) < 4.78 is 11.4. The van der Waals surface area contributed by atoms with Crippen molar-refractivity contribution in [2.24, 2.45) is 23.7 Å². The van der Waals surface area contributed by atoms with Gasteiger partial charge in [0.25, 0.3) is 0 Å². The largest absolute Gasteiger partial charge is 4.00 e. The Kier molecular flexibility index (Phi) is 77.4. The van der Waals surface area contributed by atoms with Crippen LogP contribution in [-0.2, 0) is 56.2 Å². The second-order valence-corrected chi connectivity index (χ2v) is 24.4. The summed E-state index contributed by atoms with van der Waals surface area (Å²) in [5, 5.41) is 0. The number of halogens is 2. The van der Waals surface area contributed by atoms with Crippen molar-refractivity contribution in [2.45, 2.75) is 298 Å². The fourth-order valence-electron chi connectivity index (χ4n) is 9.45. The molecule has 0 aromatic rings. The molecule has 4 fully saturated rings. The topological polar surface area (TPSA) is 18.5 Å². The first kappa shape index (κ1) is 83.1. The van der Waals surface area contributed by atoms with Gasteiger partial charge < -0.3 is 54.0 Å².